The van der Waals surface area contributed by atoms with E-state index < -0.39 is 9.84 Å². The number of hydrogen-bond acceptors (Lipinski definition) is 4. The lowest BCUT2D eigenvalue weighted by molar-refractivity contribution is 0.422. The predicted molar refractivity (Wildman–Crippen MR) is 76.9 cm³/mol. The van der Waals surface area contributed by atoms with Crippen LogP contribution in [0.1, 0.15) is 36.2 Å². The van der Waals surface area contributed by atoms with Crippen LogP contribution >= 0.6 is 11.3 Å². The Balaban J connectivity index is 2.03. The van der Waals surface area contributed by atoms with Crippen LogP contribution in [-0.4, -0.2) is 26.5 Å². The first kappa shape index (κ1) is 14.0. The van der Waals surface area contributed by atoms with E-state index in [1.54, 1.807) is 11.3 Å². The van der Waals surface area contributed by atoms with Gasteiger partial charge in [0.25, 0.3) is 0 Å². The van der Waals surface area contributed by atoms with Gasteiger partial charge in [-0.2, -0.15) is 0 Å². The Morgan fingerprint density at radius 2 is 2.33 bits per heavy atom. The molecular formula is C13H21NO2S2. The summed E-state index contributed by atoms with van der Waals surface area (Å²) >= 11 is 1.76. The highest BCUT2D eigenvalue weighted by molar-refractivity contribution is 7.91. The van der Waals surface area contributed by atoms with Crippen LogP contribution in [0.2, 0.25) is 0 Å². The van der Waals surface area contributed by atoms with Gasteiger partial charge < -0.3 is 5.32 Å². The zero-order valence-corrected chi connectivity index (χ0v) is 12.6. The first-order chi connectivity index (χ1) is 8.50. The number of nitrogens with one attached hydrogen (secondary N) is 1. The molecule has 0 saturated carbocycles. The minimum Gasteiger partial charge on any atom is -0.310 e. The molecule has 0 amide bonds. The Labute approximate surface area is 114 Å². The molecule has 2 rings (SSSR count). The summed E-state index contributed by atoms with van der Waals surface area (Å²) < 4.78 is 23.0. The van der Waals surface area contributed by atoms with Crippen molar-refractivity contribution >= 4 is 21.2 Å². The van der Waals surface area contributed by atoms with Crippen molar-refractivity contribution in [3.05, 3.63) is 21.9 Å². The van der Waals surface area contributed by atoms with E-state index in [4.69, 9.17) is 0 Å². The summed E-state index contributed by atoms with van der Waals surface area (Å²) in [5, 5.41) is 5.66. The van der Waals surface area contributed by atoms with E-state index in [9.17, 15) is 8.42 Å². The van der Waals surface area contributed by atoms with Gasteiger partial charge in [0.2, 0.25) is 0 Å². The molecule has 0 radical (unpaired) electrons. The summed E-state index contributed by atoms with van der Waals surface area (Å²) in [6.45, 7) is 5.12. The van der Waals surface area contributed by atoms with E-state index in [1.807, 2.05) is 0 Å². The van der Waals surface area contributed by atoms with E-state index in [1.165, 1.54) is 10.4 Å². The summed E-state index contributed by atoms with van der Waals surface area (Å²) in [6, 6.07) is 2.51. The van der Waals surface area contributed by atoms with Crippen molar-refractivity contribution in [1.82, 2.24) is 5.32 Å². The third kappa shape index (κ3) is 3.56. The van der Waals surface area contributed by atoms with Crippen molar-refractivity contribution in [3.8, 4) is 0 Å². The number of hydrogen-bond donors (Lipinski definition) is 1. The van der Waals surface area contributed by atoms with Crippen molar-refractivity contribution in [2.24, 2.45) is 5.92 Å². The van der Waals surface area contributed by atoms with Gasteiger partial charge in [0, 0.05) is 10.9 Å². The number of rotatable bonds is 5. The number of thiophene rings is 1. The minimum atomic E-state index is -2.76. The molecular weight excluding hydrogens is 266 g/mol. The van der Waals surface area contributed by atoms with Crippen LogP contribution in [0.3, 0.4) is 0 Å². The molecule has 1 aromatic heterocycles. The van der Waals surface area contributed by atoms with Gasteiger partial charge >= 0.3 is 0 Å². The fourth-order valence-corrected chi connectivity index (χ4v) is 5.26. The second-order valence-electron chi connectivity index (χ2n) is 5.11. The quantitative estimate of drug-likeness (QED) is 0.905. The molecule has 0 aliphatic carbocycles. The SMILES string of the molecule is CCNC(CC1CCS(=O)(=O)C1)c1csc(C)c1. The second kappa shape index (κ2) is 5.72. The molecule has 102 valence electrons. The predicted octanol–water partition coefficient (Wildman–Crippen LogP) is 2.53. The first-order valence-corrected chi connectivity index (χ1v) is 9.19. The lowest BCUT2D eigenvalue weighted by atomic mass is 9.95. The van der Waals surface area contributed by atoms with Crippen molar-refractivity contribution in [3.63, 3.8) is 0 Å². The van der Waals surface area contributed by atoms with Crippen LogP contribution in [0, 0.1) is 12.8 Å². The molecule has 1 N–H and O–H groups in total. The lowest BCUT2D eigenvalue weighted by Crippen LogP contribution is -2.23. The van der Waals surface area contributed by atoms with Gasteiger partial charge in [0.15, 0.2) is 9.84 Å². The molecule has 1 saturated heterocycles. The highest BCUT2D eigenvalue weighted by Gasteiger charge is 2.30. The summed E-state index contributed by atoms with van der Waals surface area (Å²) in [6.07, 6.45) is 1.76. The van der Waals surface area contributed by atoms with Gasteiger partial charge in [-0.15, -0.1) is 11.3 Å². The summed E-state index contributed by atoms with van der Waals surface area (Å²) in [5.74, 6) is 1.07. The molecule has 1 aromatic rings. The largest absolute Gasteiger partial charge is 0.310 e. The van der Waals surface area contributed by atoms with Crippen LogP contribution in [0.5, 0.6) is 0 Å². The Morgan fingerprint density at radius 3 is 2.83 bits per heavy atom. The topological polar surface area (TPSA) is 46.2 Å². The lowest BCUT2D eigenvalue weighted by Gasteiger charge is -2.20. The molecule has 1 aliphatic rings. The van der Waals surface area contributed by atoms with Gasteiger partial charge in [0.05, 0.1) is 11.5 Å². The van der Waals surface area contributed by atoms with Crippen LogP contribution in [0.4, 0.5) is 0 Å². The molecule has 5 heteroatoms. The molecule has 2 heterocycles. The average Bonchev–Trinajstić information content (AvgIpc) is 2.84. The summed E-state index contributed by atoms with van der Waals surface area (Å²) in [5.41, 5.74) is 1.31. The fourth-order valence-electron chi connectivity index (χ4n) is 2.62. The van der Waals surface area contributed by atoms with Gasteiger partial charge in [-0.25, -0.2) is 8.42 Å². The molecule has 1 fully saturated rings. The molecule has 1 aliphatic heterocycles. The van der Waals surface area contributed by atoms with Gasteiger partial charge in [-0.3, -0.25) is 0 Å². The van der Waals surface area contributed by atoms with Crippen molar-refractivity contribution in [1.29, 1.82) is 0 Å². The Bertz CT molecular complexity index is 493. The second-order valence-corrected chi connectivity index (χ2v) is 8.45. The van der Waals surface area contributed by atoms with E-state index in [0.29, 0.717) is 23.5 Å². The molecule has 2 atom stereocenters. The number of sulfone groups is 1. The molecule has 0 bridgehead atoms. The van der Waals surface area contributed by atoms with Gasteiger partial charge in [-0.05, 0) is 49.2 Å². The fraction of sp³-hybridized carbons (Fsp3) is 0.692. The van der Waals surface area contributed by atoms with E-state index in [2.05, 4.69) is 30.6 Å². The third-order valence-electron chi connectivity index (χ3n) is 3.50. The standard InChI is InChI=1S/C13H21NO2S2/c1-3-14-13(12-6-10(2)17-8-12)7-11-4-5-18(15,16)9-11/h6,8,11,13-14H,3-5,7,9H2,1-2H3. The molecule has 2 unspecified atom stereocenters. The maximum atomic E-state index is 11.5. The van der Waals surface area contributed by atoms with Gasteiger partial charge in [-0.1, -0.05) is 6.92 Å². The number of aryl methyl sites for hydroxylation is 1. The van der Waals surface area contributed by atoms with Crippen LogP contribution in [0.15, 0.2) is 11.4 Å². The molecule has 3 nitrogen and oxygen atoms in total. The van der Waals surface area contributed by atoms with Crippen LogP contribution < -0.4 is 5.32 Å². The third-order valence-corrected chi connectivity index (χ3v) is 6.22. The smallest absolute Gasteiger partial charge is 0.150 e. The van der Waals surface area contributed by atoms with Crippen LogP contribution in [-0.2, 0) is 9.84 Å². The van der Waals surface area contributed by atoms with E-state index in [-0.39, 0.29) is 0 Å². The highest BCUT2D eigenvalue weighted by Crippen LogP contribution is 2.30. The molecule has 0 spiro atoms. The van der Waals surface area contributed by atoms with Crippen molar-refractivity contribution in [2.45, 2.75) is 32.7 Å². The Hall–Kier alpha value is -0.390. The zero-order valence-electron chi connectivity index (χ0n) is 11.0. The highest BCUT2D eigenvalue weighted by atomic mass is 32.2. The first-order valence-electron chi connectivity index (χ1n) is 6.49. The normalized spacial score (nSPS) is 24.2. The van der Waals surface area contributed by atoms with Crippen molar-refractivity contribution in [2.75, 3.05) is 18.1 Å². The Kier molecular flexibility index (Phi) is 4.45. The van der Waals surface area contributed by atoms with E-state index >= 15 is 0 Å². The van der Waals surface area contributed by atoms with Crippen LogP contribution in [0.25, 0.3) is 0 Å². The summed E-state index contributed by atoms with van der Waals surface area (Å²) in [4.78, 5) is 1.31. The van der Waals surface area contributed by atoms with Gasteiger partial charge in [0.1, 0.15) is 0 Å². The average molecular weight is 287 g/mol. The Morgan fingerprint density at radius 1 is 1.56 bits per heavy atom. The van der Waals surface area contributed by atoms with Crippen molar-refractivity contribution < 1.29 is 8.42 Å². The maximum absolute atomic E-state index is 11.5. The maximum Gasteiger partial charge on any atom is 0.150 e. The summed E-state index contributed by atoms with van der Waals surface area (Å²) in [7, 11) is -2.76. The molecule has 18 heavy (non-hydrogen) atoms. The minimum absolute atomic E-state index is 0.304. The zero-order chi connectivity index (χ0) is 13.2. The molecule has 0 aromatic carbocycles. The van der Waals surface area contributed by atoms with E-state index in [0.717, 1.165) is 19.4 Å². The monoisotopic (exact) mass is 287 g/mol.